The summed E-state index contributed by atoms with van der Waals surface area (Å²) in [7, 11) is 0. The molecule has 1 saturated heterocycles. The zero-order valence-corrected chi connectivity index (χ0v) is 8.82. The molecule has 1 heterocycles. The molecule has 1 aliphatic heterocycles. The van der Waals surface area contributed by atoms with Crippen LogP contribution in [0.2, 0.25) is 0 Å². The highest BCUT2D eigenvalue weighted by molar-refractivity contribution is 5.86. The highest BCUT2D eigenvalue weighted by Gasteiger charge is 2.35. The lowest BCUT2D eigenvalue weighted by Crippen LogP contribution is -2.30. The van der Waals surface area contributed by atoms with Gasteiger partial charge in [0, 0.05) is 19.5 Å². The van der Waals surface area contributed by atoms with Crippen molar-refractivity contribution in [1.29, 1.82) is 0 Å². The lowest BCUT2D eigenvalue weighted by Gasteiger charge is -2.20. The molecular formula is C11H17NO3. The number of likely N-dealkylation sites (tertiary alicyclic amines) is 1. The Morgan fingerprint density at radius 3 is 2.60 bits per heavy atom. The molecule has 4 nitrogen and oxygen atoms in total. The highest BCUT2D eigenvalue weighted by Crippen LogP contribution is 2.28. The van der Waals surface area contributed by atoms with Crippen LogP contribution < -0.4 is 0 Å². The summed E-state index contributed by atoms with van der Waals surface area (Å²) in [5.74, 6) is -0.674. The third-order valence-electron chi connectivity index (χ3n) is 3.52. The molecule has 1 saturated carbocycles. The molecule has 1 aliphatic carbocycles. The number of carboxylic acid groups (broad SMARTS) is 1. The largest absolute Gasteiger partial charge is 0.481 e. The first-order chi connectivity index (χ1) is 7.16. The molecule has 0 spiro atoms. The fraction of sp³-hybridized carbons (Fsp3) is 0.818. The number of aliphatic carboxylic acids is 1. The standard InChI is InChI=1S/C11H17NO3/c13-10-5-9(11(14)15)7-12(10)6-8-3-1-2-4-8/h8-9H,1-7H2,(H,14,15). The van der Waals surface area contributed by atoms with E-state index in [2.05, 4.69) is 0 Å². The average molecular weight is 211 g/mol. The van der Waals surface area contributed by atoms with Crippen LogP contribution in [0.15, 0.2) is 0 Å². The summed E-state index contributed by atoms with van der Waals surface area (Å²) in [6, 6.07) is 0. The van der Waals surface area contributed by atoms with Gasteiger partial charge in [-0.1, -0.05) is 12.8 Å². The van der Waals surface area contributed by atoms with Gasteiger partial charge in [0.25, 0.3) is 0 Å². The molecule has 0 aromatic heterocycles. The molecular weight excluding hydrogens is 194 g/mol. The van der Waals surface area contributed by atoms with Crippen LogP contribution in [0.25, 0.3) is 0 Å². The summed E-state index contributed by atoms with van der Waals surface area (Å²) in [6.45, 7) is 1.20. The third kappa shape index (κ3) is 2.30. The summed E-state index contributed by atoms with van der Waals surface area (Å²) in [6.07, 6.45) is 5.11. The molecule has 84 valence electrons. The maximum absolute atomic E-state index is 11.5. The minimum Gasteiger partial charge on any atom is -0.481 e. The van der Waals surface area contributed by atoms with Crippen molar-refractivity contribution in [2.75, 3.05) is 13.1 Å². The number of hydrogen-bond acceptors (Lipinski definition) is 2. The molecule has 1 N–H and O–H groups in total. The Morgan fingerprint density at radius 2 is 2.07 bits per heavy atom. The number of carbonyl (C=O) groups is 2. The lowest BCUT2D eigenvalue weighted by atomic mass is 10.1. The fourth-order valence-electron chi connectivity index (χ4n) is 2.62. The Labute approximate surface area is 89.3 Å². The van der Waals surface area contributed by atoms with Crippen molar-refractivity contribution in [3.05, 3.63) is 0 Å². The highest BCUT2D eigenvalue weighted by atomic mass is 16.4. The first kappa shape index (κ1) is 10.5. The van der Waals surface area contributed by atoms with Crippen molar-refractivity contribution in [3.63, 3.8) is 0 Å². The van der Waals surface area contributed by atoms with Gasteiger partial charge in [-0.05, 0) is 18.8 Å². The Bertz CT molecular complexity index is 271. The van der Waals surface area contributed by atoms with Crippen molar-refractivity contribution in [3.8, 4) is 0 Å². The summed E-state index contributed by atoms with van der Waals surface area (Å²) >= 11 is 0. The quantitative estimate of drug-likeness (QED) is 0.760. The summed E-state index contributed by atoms with van der Waals surface area (Å²) in [5, 5.41) is 8.83. The minimum absolute atomic E-state index is 0.0225. The number of amides is 1. The summed E-state index contributed by atoms with van der Waals surface area (Å²) < 4.78 is 0. The molecule has 0 aromatic rings. The Kier molecular flexibility index (Phi) is 2.93. The van der Waals surface area contributed by atoms with Gasteiger partial charge in [0.15, 0.2) is 0 Å². The SMILES string of the molecule is O=C(O)C1CC(=O)N(CC2CCCC2)C1. The normalized spacial score (nSPS) is 27.6. The maximum Gasteiger partial charge on any atom is 0.308 e. The van der Waals surface area contributed by atoms with Crippen molar-refractivity contribution in [2.45, 2.75) is 32.1 Å². The molecule has 0 aromatic carbocycles. The molecule has 4 heteroatoms. The monoisotopic (exact) mass is 211 g/mol. The van der Waals surface area contributed by atoms with Gasteiger partial charge in [0.05, 0.1) is 5.92 Å². The molecule has 0 radical (unpaired) electrons. The molecule has 2 aliphatic rings. The zero-order chi connectivity index (χ0) is 10.8. The van der Waals surface area contributed by atoms with Gasteiger partial charge in [-0.3, -0.25) is 9.59 Å². The van der Waals surface area contributed by atoms with E-state index in [0.29, 0.717) is 12.5 Å². The van der Waals surface area contributed by atoms with Crippen LogP contribution in [-0.4, -0.2) is 35.0 Å². The molecule has 1 amide bonds. The lowest BCUT2D eigenvalue weighted by molar-refractivity contribution is -0.141. The molecule has 0 bridgehead atoms. The van der Waals surface area contributed by atoms with Gasteiger partial charge in [-0.15, -0.1) is 0 Å². The topological polar surface area (TPSA) is 57.6 Å². The van der Waals surface area contributed by atoms with Crippen LogP contribution in [-0.2, 0) is 9.59 Å². The van der Waals surface area contributed by atoms with Gasteiger partial charge in [0.2, 0.25) is 5.91 Å². The summed E-state index contributed by atoms with van der Waals surface area (Å²) in [5.41, 5.74) is 0. The number of carbonyl (C=O) groups excluding carboxylic acids is 1. The van der Waals surface area contributed by atoms with Crippen molar-refractivity contribution in [1.82, 2.24) is 4.90 Å². The van der Waals surface area contributed by atoms with E-state index in [0.717, 1.165) is 6.54 Å². The first-order valence-corrected chi connectivity index (χ1v) is 5.67. The maximum atomic E-state index is 11.5. The second-order valence-electron chi connectivity index (χ2n) is 4.69. The minimum atomic E-state index is -0.836. The van der Waals surface area contributed by atoms with E-state index in [-0.39, 0.29) is 12.3 Å². The average Bonchev–Trinajstić information content (AvgIpc) is 2.77. The van der Waals surface area contributed by atoms with Crippen molar-refractivity contribution >= 4 is 11.9 Å². The summed E-state index contributed by atoms with van der Waals surface area (Å²) in [4.78, 5) is 24.0. The number of rotatable bonds is 3. The van der Waals surface area contributed by atoms with E-state index in [9.17, 15) is 9.59 Å². The number of nitrogens with zero attached hydrogens (tertiary/aromatic N) is 1. The molecule has 2 rings (SSSR count). The first-order valence-electron chi connectivity index (χ1n) is 5.67. The van der Waals surface area contributed by atoms with Crippen LogP contribution in [0.4, 0.5) is 0 Å². The molecule has 1 atom stereocenters. The molecule has 2 fully saturated rings. The number of hydrogen-bond donors (Lipinski definition) is 1. The molecule has 1 unspecified atom stereocenters. The second-order valence-corrected chi connectivity index (χ2v) is 4.69. The van der Waals surface area contributed by atoms with Crippen LogP contribution in [0.5, 0.6) is 0 Å². The predicted octanol–water partition coefficient (Wildman–Crippen LogP) is 1.11. The van der Waals surface area contributed by atoms with E-state index >= 15 is 0 Å². The van der Waals surface area contributed by atoms with Gasteiger partial charge in [-0.25, -0.2) is 0 Å². The smallest absolute Gasteiger partial charge is 0.308 e. The Morgan fingerprint density at radius 1 is 1.40 bits per heavy atom. The van der Waals surface area contributed by atoms with E-state index in [1.54, 1.807) is 4.90 Å². The van der Waals surface area contributed by atoms with Crippen LogP contribution in [0.1, 0.15) is 32.1 Å². The van der Waals surface area contributed by atoms with Crippen LogP contribution >= 0.6 is 0 Å². The van der Waals surface area contributed by atoms with Gasteiger partial charge in [-0.2, -0.15) is 0 Å². The van der Waals surface area contributed by atoms with Gasteiger partial charge < -0.3 is 10.0 Å². The third-order valence-corrected chi connectivity index (χ3v) is 3.52. The van der Waals surface area contributed by atoms with Crippen LogP contribution in [0, 0.1) is 11.8 Å². The van der Waals surface area contributed by atoms with Gasteiger partial charge in [0.1, 0.15) is 0 Å². The second kappa shape index (κ2) is 4.21. The van der Waals surface area contributed by atoms with E-state index in [1.807, 2.05) is 0 Å². The van der Waals surface area contributed by atoms with Crippen LogP contribution in [0.3, 0.4) is 0 Å². The fourth-order valence-corrected chi connectivity index (χ4v) is 2.62. The number of carboxylic acids is 1. The van der Waals surface area contributed by atoms with Gasteiger partial charge >= 0.3 is 5.97 Å². The van der Waals surface area contributed by atoms with E-state index < -0.39 is 11.9 Å². The predicted molar refractivity (Wildman–Crippen MR) is 54.3 cm³/mol. The van der Waals surface area contributed by atoms with Crippen molar-refractivity contribution < 1.29 is 14.7 Å². The zero-order valence-electron chi connectivity index (χ0n) is 8.82. The van der Waals surface area contributed by atoms with E-state index in [1.165, 1.54) is 25.7 Å². The Hall–Kier alpha value is -1.06. The van der Waals surface area contributed by atoms with Crippen molar-refractivity contribution in [2.24, 2.45) is 11.8 Å². The van der Waals surface area contributed by atoms with E-state index in [4.69, 9.17) is 5.11 Å². The Balaban J connectivity index is 1.87. The molecule has 15 heavy (non-hydrogen) atoms.